The molecule has 6 unspecified atom stereocenters. The van der Waals surface area contributed by atoms with Gasteiger partial charge in [-0.1, -0.05) is 167 Å². The number of rotatable bonds is 39. The maximum Gasteiger partial charge on any atom is 0.220 e. The van der Waals surface area contributed by atoms with Crippen LogP contribution in [0.2, 0.25) is 0 Å². The summed E-state index contributed by atoms with van der Waals surface area (Å²) in [5.41, 5.74) is 0. The molecular weight excluding hydrogens is 927 g/mol. The van der Waals surface area contributed by atoms with E-state index < -0.39 is 124 Å². The minimum absolute atomic E-state index is 0.244. The SMILES string of the molecule is CCCCCCCCCCCCC/C=C/[C@@H](O)[C@H](CO[C@@H]1OC(CO)[C@@H](O[C@@H]2OC(CO)[C@@H](O)[C@H](O[C@H]3OC(CO)[C@@H](O)[C@H](O)C3O)C2O)[C@H](O)C1O)NC(=O)CCCCCCCCCCCCCCC. The molecule has 3 saturated heterocycles. The second-order valence-corrected chi connectivity index (χ2v) is 20.1. The van der Waals surface area contributed by atoms with Crippen molar-refractivity contribution in [2.24, 2.45) is 0 Å². The van der Waals surface area contributed by atoms with Crippen molar-refractivity contribution in [1.82, 2.24) is 5.32 Å². The van der Waals surface area contributed by atoms with Crippen molar-refractivity contribution in [3.63, 3.8) is 0 Å². The zero-order valence-electron chi connectivity index (χ0n) is 43.0. The van der Waals surface area contributed by atoms with Crippen LogP contribution >= 0.6 is 0 Å². The summed E-state index contributed by atoms with van der Waals surface area (Å²) in [7, 11) is 0. The van der Waals surface area contributed by atoms with Gasteiger partial charge in [-0.2, -0.15) is 0 Å². The molecule has 3 aliphatic rings. The van der Waals surface area contributed by atoms with Gasteiger partial charge in [-0.25, -0.2) is 0 Å². The van der Waals surface area contributed by atoms with Crippen molar-refractivity contribution >= 4 is 5.91 Å². The Morgan fingerprint density at radius 3 is 1.42 bits per heavy atom. The fourth-order valence-corrected chi connectivity index (χ4v) is 9.48. The van der Waals surface area contributed by atoms with Gasteiger partial charge in [0.05, 0.1) is 38.6 Å². The first kappa shape index (κ1) is 63.8. The van der Waals surface area contributed by atoms with Crippen molar-refractivity contribution < 1.29 is 89.4 Å². The van der Waals surface area contributed by atoms with Crippen molar-refractivity contribution in [3.05, 3.63) is 12.2 Å². The van der Waals surface area contributed by atoms with E-state index in [1.54, 1.807) is 6.08 Å². The first-order valence-electron chi connectivity index (χ1n) is 27.4. The molecule has 0 spiro atoms. The summed E-state index contributed by atoms with van der Waals surface area (Å²) >= 11 is 0. The third kappa shape index (κ3) is 22.7. The van der Waals surface area contributed by atoms with Crippen LogP contribution in [-0.4, -0.2) is 193 Å². The molecule has 3 fully saturated rings. The lowest BCUT2D eigenvalue weighted by atomic mass is 9.96. The summed E-state index contributed by atoms with van der Waals surface area (Å²) in [5.74, 6) is -0.280. The van der Waals surface area contributed by atoms with Crippen LogP contribution < -0.4 is 5.32 Å². The highest BCUT2D eigenvalue weighted by Gasteiger charge is 2.54. The lowest BCUT2D eigenvalue weighted by Crippen LogP contribution is -2.67. The number of aliphatic hydroxyl groups excluding tert-OH is 11. The number of amides is 1. The predicted molar refractivity (Wildman–Crippen MR) is 263 cm³/mol. The van der Waals surface area contributed by atoms with E-state index in [1.807, 2.05) is 6.08 Å². The fourth-order valence-electron chi connectivity index (χ4n) is 9.48. The number of carbonyl (C=O) groups excluding carboxylic acids is 1. The average molecular weight is 1020 g/mol. The van der Waals surface area contributed by atoms with E-state index in [4.69, 9.17) is 28.4 Å². The van der Waals surface area contributed by atoms with Crippen LogP contribution in [0.5, 0.6) is 0 Å². The molecular formula is C52H97NO18. The summed E-state index contributed by atoms with van der Waals surface area (Å²) in [6.07, 6.45) is 5.99. The van der Waals surface area contributed by atoms with Crippen molar-refractivity contribution in [2.75, 3.05) is 26.4 Å². The summed E-state index contributed by atoms with van der Waals surface area (Å²) < 4.78 is 34.2. The molecule has 0 aliphatic carbocycles. The highest BCUT2D eigenvalue weighted by molar-refractivity contribution is 5.76. The van der Waals surface area contributed by atoms with Gasteiger partial charge in [0.2, 0.25) is 5.91 Å². The maximum absolute atomic E-state index is 13.2. The molecule has 0 aromatic carbocycles. The number of ether oxygens (including phenoxy) is 6. The molecule has 71 heavy (non-hydrogen) atoms. The van der Waals surface area contributed by atoms with Gasteiger partial charge in [-0.15, -0.1) is 0 Å². The Bertz CT molecular complexity index is 1370. The van der Waals surface area contributed by atoms with Gasteiger partial charge in [0.1, 0.15) is 73.2 Å². The first-order chi connectivity index (χ1) is 34.3. The summed E-state index contributed by atoms with van der Waals surface area (Å²) in [6, 6.07) is -0.971. The van der Waals surface area contributed by atoms with Crippen molar-refractivity contribution in [1.29, 1.82) is 0 Å². The average Bonchev–Trinajstić information content (AvgIpc) is 3.36. The van der Waals surface area contributed by atoms with Crippen LogP contribution in [0.1, 0.15) is 181 Å². The first-order valence-corrected chi connectivity index (χ1v) is 27.4. The molecule has 0 aromatic rings. The minimum Gasteiger partial charge on any atom is -0.394 e. The molecule has 3 heterocycles. The lowest BCUT2D eigenvalue weighted by molar-refractivity contribution is -0.380. The Kier molecular flexibility index (Phi) is 33.5. The number of nitrogens with one attached hydrogen (secondary N) is 1. The Labute approximate surface area is 423 Å². The Morgan fingerprint density at radius 1 is 0.493 bits per heavy atom. The van der Waals surface area contributed by atoms with Crippen LogP contribution in [0, 0.1) is 0 Å². The van der Waals surface area contributed by atoms with Crippen LogP contribution in [-0.2, 0) is 33.2 Å². The quantitative estimate of drug-likeness (QED) is 0.0311. The summed E-state index contributed by atoms with van der Waals surface area (Å²) in [5, 5.41) is 120. The third-order valence-corrected chi connectivity index (χ3v) is 14.1. The number of unbranched alkanes of at least 4 members (excludes halogenated alkanes) is 23. The molecule has 12 N–H and O–H groups in total. The molecule has 1 amide bonds. The van der Waals surface area contributed by atoms with Crippen molar-refractivity contribution in [2.45, 2.75) is 285 Å². The van der Waals surface area contributed by atoms with E-state index >= 15 is 0 Å². The lowest BCUT2D eigenvalue weighted by Gasteiger charge is -2.48. The second kappa shape index (κ2) is 37.3. The molecule has 0 bridgehead atoms. The van der Waals surface area contributed by atoms with Gasteiger partial charge in [-0.3, -0.25) is 4.79 Å². The smallest absolute Gasteiger partial charge is 0.220 e. The van der Waals surface area contributed by atoms with Crippen LogP contribution in [0.15, 0.2) is 12.2 Å². The monoisotopic (exact) mass is 1020 g/mol. The summed E-state index contributed by atoms with van der Waals surface area (Å²) in [4.78, 5) is 13.2. The molecule has 3 aliphatic heterocycles. The van der Waals surface area contributed by atoms with Gasteiger partial charge in [0, 0.05) is 6.42 Å². The number of aliphatic hydroxyl groups is 11. The van der Waals surface area contributed by atoms with Crippen LogP contribution in [0.4, 0.5) is 0 Å². The third-order valence-electron chi connectivity index (χ3n) is 14.1. The van der Waals surface area contributed by atoms with E-state index in [0.29, 0.717) is 6.42 Å². The number of hydrogen-bond acceptors (Lipinski definition) is 18. The molecule has 418 valence electrons. The molecule has 19 nitrogen and oxygen atoms in total. The number of carbonyl (C=O) groups is 1. The fraction of sp³-hybridized carbons (Fsp3) is 0.942. The molecule has 3 rings (SSSR count). The molecule has 0 saturated carbocycles. The van der Waals surface area contributed by atoms with Gasteiger partial charge in [0.15, 0.2) is 18.9 Å². The highest BCUT2D eigenvalue weighted by Crippen LogP contribution is 2.33. The van der Waals surface area contributed by atoms with Gasteiger partial charge >= 0.3 is 0 Å². The van der Waals surface area contributed by atoms with E-state index in [-0.39, 0.29) is 18.9 Å². The highest BCUT2D eigenvalue weighted by atomic mass is 16.8. The zero-order valence-corrected chi connectivity index (χ0v) is 43.0. The van der Waals surface area contributed by atoms with E-state index in [9.17, 15) is 61.0 Å². The molecule has 0 radical (unpaired) electrons. The maximum atomic E-state index is 13.2. The van der Waals surface area contributed by atoms with Crippen LogP contribution in [0.25, 0.3) is 0 Å². The summed E-state index contributed by atoms with van der Waals surface area (Å²) in [6.45, 7) is 1.66. The second-order valence-electron chi connectivity index (χ2n) is 20.1. The normalized spacial score (nSPS) is 32.3. The standard InChI is InChI=1S/C52H97NO18/c1-3-5-7-9-11-13-15-17-19-21-23-25-27-29-36(57)35(53-40(58)30-28-26-24-22-20-18-16-14-12-10-8-6-4-2)34-66-50-46(64)44(62)48(39(33-56)69-50)70-52-47(65)49(42(60)38(32-55)68-52)71-51-45(63)43(61)41(59)37(31-54)67-51/h27,29,35-39,41-52,54-57,59-65H,3-26,28,30-34H2,1-2H3,(H,53,58)/b29-27+/t35-,36+,37?,38?,39?,41+,42+,43-,44+,45?,46?,47?,48+,49-,50+,51+,52-/m0/s1. The molecule has 0 aromatic heterocycles. The Balaban J connectivity index is 1.58. The van der Waals surface area contributed by atoms with Gasteiger partial charge in [0.25, 0.3) is 0 Å². The minimum atomic E-state index is -1.97. The van der Waals surface area contributed by atoms with Gasteiger partial charge in [-0.05, 0) is 19.3 Å². The van der Waals surface area contributed by atoms with Crippen molar-refractivity contribution in [3.8, 4) is 0 Å². The topological polar surface area (TPSA) is 307 Å². The largest absolute Gasteiger partial charge is 0.394 e. The van der Waals surface area contributed by atoms with E-state index in [0.717, 1.165) is 44.9 Å². The molecule has 17 atom stereocenters. The van der Waals surface area contributed by atoms with Crippen LogP contribution in [0.3, 0.4) is 0 Å². The molecule has 19 heteroatoms. The Hall–Kier alpha value is -1.47. The van der Waals surface area contributed by atoms with E-state index in [1.165, 1.54) is 109 Å². The Morgan fingerprint density at radius 2 is 0.915 bits per heavy atom. The van der Waals surface area contributed by atoms with E-state index in [2.05, 4.69) is 19.2 Å². The predicted octanol–water partition coefficient (Wildman–Crippen LogP) is 3.04. The van der Waals surface area contributed by atoms with Gasteiger partial charge < -0.3 is 89.9 Å². The number of hydrogen-bond donors (Lipinski definition) is 12. The number of allylic oxidation sites excluding steroid dienone is 1. The zero-order chi connectivity index (χ0) is 52.0.